The summed E-state index contributed by atoms with van der Waals surface area (Å²) in [5.41, 5.74) is 0.751. The van der Waals surface area contributed by atoms with Gasteiger partial charge in [-0.25, -0.2) is 9.78 Å². The minimum atomic E-state index is -0.845. The molecule has 1 unspecified atom stereocenters. The molecule has 1 aromatic rings. The molecule has 94 valence electrons. The number of carboxylic acids is 1. The molecule has 1 aliphatic heterocycles. The second-order valence-corrected chi connectivity index (χ2v) is 5.91. The van der Waals surface area contributed by atoms with Gasteiger partial charge >= 0.3 is 5.97 Å². The summed E-state index contributed by atoms with van der Waals surface area (Å²) in [6, 6.07) is 0.263. The van der Waals surface area contributed by atoms with E-state index in [0.29, 0.717) is 10.8 Å². The SMILES string of the molecule is CC(C)Cc1nc(C2CCCN2)sc1C(=O)O. The fourth-order valence-electron chi connectivity index (χ4n) is 2.11. The molecular formula is C12H18N2O2S. The van der Waals surface area contributed by atoms with Crippen molar-refractivity contribution in [2.75, 3.05) is 6.54 Å². The van der Waals surface area contributed by atoms with E-state index in [9.17, 15) is 9.90 Å². The molecule has 0 saturated carbocycles. The van der Waals surface area contributed by atoms with Crippen LogP contribution in [0, 0.1) is 5.92 Å². The zero-order chi connectivity index (χ0) is 12.4. The predicted octanol–water partition coefficient (Wildman–Crippen LogP) is 2.46. The van der Waals surface area contributed by atoms with E-state index >= 15 is 0 Å². The molecule has 1 atom stereocenters. The molecule has 1 fully saturated rings. The van der Waals surface area contributed by atoms with Crippen LogP contribution in [0.3, 0.4) is 0 Å². The molecular weight excluding hydrogens is 236 g/mol. The fourth-order valence-corrected chi connectivity index (χ4v) is 3.15. The van der Waals surface area contributed by atoms with Crippen LogP contribution in [0.25, 0.3) is 0 Å². The molecule has 17 heavy (non-hydrogen) atoms. The van der Waals surface area contributed by atoms with E-state index in [-0.39, 0.29) is 6.04 Å². The quantitative estimate of drug-likeness (QED) is 0.866. The van der Waals surface area contributed by atoms with Gasteiger partial charge in [-0.1, -0.05) is 13.8 Å². The van der Waals surface area contributed by atoms with Gasteiger partial charge in [-0.15, -0.1) is 11.3 Å². The molecule has 1 saturated heterocycles. The molecule has 5 heteroatoms. The highest BCUT2D eigenvalue weighted by Gasteiger charge is 2.24. The monoisotopic (exact) mass is 254 g/mol. The zero-order valence-corrected chi connectivity index (χ0v) is 11.0. The van der Waals surface area contributed by atoms with E-state index in [0.717, 1.165) is 36.5 Å². The van der Waals surface area contributed by atoms with Gasteiger partial charge in [0.2, 0.25) is 0 Å². The first-order chi connectivity index (χ1) is 8.08. The summed E-state index contributed by atoms with van der Waals surface area (Å²) in [6.07, 6.45) is 2.95. The first kappa shape index (κ1) is 12.5. The Hall–Kier alpha value is -0.940. The highest BCUT2D eigenvalue weighted by Crippen LogP contribution is 2.30. The first-order valence-corrected chi connectivity index (χ1v) is 6.86. The maximum Gasteiger partial charge on any atom is 0.347 e. The fraction of sp³-hybridized carbons (Fsp3) is 0.667. The van der Waals surface area contributed by atoms with E-state index in [1.165, 1.54) is 11.3 Å². The summed E-state index contributed by atoms with van der Waals surface area (Å²) in [6.45, 7) is 5.17. The molecule has 0 radical (unpaired) electrons. The Labute approximate surface area is 105 Å². The largest absolute Gasteiger partial charge is 0.477 e. The summed E-state index contributed by atoms with van der Waals surface area (Å²) >= 11 is 1.33. The van der Waals surface area contributed by atoms with Crippen LogP contribution in [0.4, 0.5) is 0 Å². The number of aromatic carboxylic acids is 1. The van der Waals surface area contributed by atoms with Crippen LogP contribution >= 0.6 is 11.3 Å². The van der Waals surface area contributed by atoms with Gasteiger partial charge < -0.3 is 10.4 Å². The molecule has 0 aliphatic carbocycles. The smallest absolute Gasteiger partial charge is 0.347 e. The number of nitrogens with one attached hydrogen (secondary N) is 1. The maximum atomic E-state index is 11.2. The average molecular weight is 254 g/mol. The topological polar surface area (TPSA) is 62.2 Å². The van der Waals surface area contributed by atoms with Gasteiger partial charge in [0.15, 0.2) is 0 Å². The van der Waals surface area contributed by atoms with Crippen molar-refractivity contribution in [1.29, 1.82) is 0 Å². The average Bonchev–Trinajstić information content (AvgIpc) is 2.82. The molecule has 1 aliphatic rings. The molecule has 2 heterocycles. The maximum absolute atomic E-state index is 11.2. The van der Waals surface area contributed by atoms with Crippen LogP contribution in [0.1, 0.15) is 53.1 Å². The lowest BCUT2D eigenvalue weighted by atomic mass is 10.1. The Balaban J connectivity index is 2.26. The summed E-state index contributed by atoms with van der Waals surface area (Å²) in [7, 11) is 0. The van der Waals surface area contributed by atoms with E-state index < -0.39 is 5.97 Å². The number of rotatable bonds is 4. The van der Waals surface area contributed by atoms with Crippen LogP contribution in [-0.4, -0.2) is 22.6 Å². The molecule has 0 amide bonds. The van der Waals surface area contributed by atoms with Crippen molar-refractivity contribution >= 4 is 17.3 Å². The van der Waals surface area contributed by atoms with Gasteiger partial charge in [0.05, 0.1) is 11.7 Å². The molecule has 0 bridgehead atoms. The van der Waals surface area contributed by atoms with Crippen LogP contribution in [-0.2, 0) is 6.42 Å². The van der Waals surface area contributed by atoms with Crippen molar-refractivity contribution in [2.24, 2.45) is 5.92 Å². The van der Waals surface area contributed by atoms with Gasteiger partial charge in [-0.3, -0.25) is 0 Å². The lowest BCUT2D eigenvalue weighted by molar-refractivity contribution is 0.0700. The number of carboxylic acid groups (broad SMARTS) is 1. The van der Waals surface area contributed by atoms with Crippen molar-refractivity contribution in [2.45, 2.75) is 39.2 Å². The molecule has 2 N–H and O–H groups in total. The molecule has 0 aromatic carbocycles. The Morgan fingerprint density at radius 2 is 2.41 bits per heavy atom. The van der Waals surface area contributed by atoms with Crippen LogP contribution in [0.15, 0.2) is 0 Å². The van der Waals surface area contributed by atoms with Crippen LogP contribution in [0.5, 0.6) is 0 Å². The van der Waals surface area contributed by atoms with Crippen molar-refractivity contribution in [3.8, 4) is 0 Å². The second kappa shape index (κ2) is 5.14. The molecule has 2 rings (SSSR count). The van der Waals surface area contributed by atoms with E-state index in [4.69, 9.17) is 0 Å². The summed E-state index contributed by atoms with van der Waals surface area (Å²) in [5, 5.41) is 13.5. The second-order valence-electron chi connectivity index (χ2n) is 4.88. The molecule has 0 spiro atoms. The van der Waals surface area contributed by atoms with E-state index in [1.54, 1.807) is 0 Å². The van der Waals surface area contributed by atoms with Crippen molar-refractivity contribution in [3.63, 3.8) is 0 Å². The number of thiazole rings is 1. The number of aromatic nitrogens is 1. The Bertz CT molecular complexity index is 409. The number of hydrogen-bond acceptors (Lipinski definition) is 4. The standard InChI is InChI=1S/C12H18N2O2S/c1-7(2)6-9-10(12(15)16)17-11(14-9)8-4-3-5-13-8/h7-8,13H,3-6H2,1-2H3,(H,15,16). The Kier molecular flexibility index (Phi) is 3.79. The lowest BCUT2D eigenvalue weighted by Gasteiger charge is -2.04. The minimum absolute atomic E-state index is 0.263. The van der Waals surface area contributed by atoms with Crippen molar-refractivity contribution < 1.29 is 9.90 Å². The summed E-state index contributed by atoms with van der Waals surface area (Å²) < 4.78 is 0. The van der Waals surface area contributed by atoms with Gasteiger partial charge in [-0.2, -0.15) is 0 Å². The zero-order valence-electron chi connectivity index (χ0n) is 10.2. The summed E-state index contributed by atoms with van der Waals surface area (Å²) in [4.78, 5) is 16.1. The van der Waals surface area contributed by atoms with E-state index in [1.807, 2.05) is 0 Å². The number of carbonyl (C=O) groups is 1. The van der Waals surface area contributed by atoms with Gasteiger partial charge in [0.25, 0.3) is 0 Å². The summed E-state index contributed by atoms with van der Waals surface area (Å²) in [5.74, 6) is -0.415. The third kappa shape index (κ3) is 2.84. The first-order valence-electron chi connectivity index (χ1n) is 6.04. The van der Waals surface area contributed by atoms with Gasteiger partial charge in [-0.05, 0) is 31.7 Å². The lowest BCUT2D eigenvalue weighted by Crippen LogP contribution is -2.12. The predicted molar refractivity (Wildman–Crippen MR) is 67.6 cm³/mol. The highest BCUT2D eigenvalue weighted by molar-refractivity contribution is 7.13. The molecule has 4 nitrogen and oxygen atoms in total. The molecule has 1 aromatic heterocycles. The Morgan fingerprint density at radius 3 is 2.94 bits per heavy atom. The van der Waals surface area contributed by atoms with Crippen LogP contribution in [0.2, 0.25) is 0 Å². The highest BCUT2D eigenvalue weighted by atomic mass is 32.1. The van der Waals surface area contributed by atoms with Crippen molar-refractivity contribution in [3.05, 3.63) is 15.6 Å². The minimum Gasteiger partial charge on any atom is -0.477 e. The van der Waals surface area contributed by atoms with Gasteiger partial charge in [0, 0.05) is 0 Å². The van der Waals surface area contributed by atoms with Gasteiger partial charge in [0.1, 0.15) is 9.88 Å². The number of hydrogen-bond donors (Lipinski definition) is 2. The van der Waals surface area contributed by atoms with Crippen LogP contribution < -0.4 is 5.32 Å². The van der Waals surface area contributed by atoms with Crippen molar-refractivity contribution in [1.82, 2.24) is 10.3 Å². The third-order valence-corrected chi connectivity index (χ3v) is 4.07. The van der Waals surface area contributed by atoms with E-state index in [2.05, 4.69) is 24.1 Å². The number of nitrogens with zero attached hydrogens (tertiary/aromatic N) is 1. The third-order valence-electron chi connectivity index (χ3n) is 2.87. The normalized spacial score (nSPS) is 20.1. The Morgan fingerprint density at radius 1 is 1.65 bits per heavy atom.